The van der Waals surface area contributed by atoms with E-state index in [9.17, 15) is 5.11 Å². The molecular formula is C47H29NO. The smallest absolute Gasteiger partial charge is 0.124 e. The first-order chi connectivity index (χ1) is 24.3. The minimum absolute atomic E-state index is 0.262. The second kappa shape index (κ2) is 10.7. The molecule has 0 saturated heterocycles. The molecule has 1 heterocycles. The van der Waals surface area contributed by atoms with Gasteiger partial charge in [0.2, 0.25) is 0 Å². The SMILES string of the molecule is Oc1cccc2cc(-c3c4ccccc4c(-c4cccc(-n5c6ccccc6c6ccccc65)c4)c4ccccc34)c3c(c12)C#CCC=C3. The fraction of sp³-hybridized carbons (Fsp3) is 0.0213. The standard InChI is InChI=1S/C47H29NO/c49-44-27-13-15-31-29-41(33-17-2-1-3-20-36(33)46(31)44)47-39-23-6-4-21-37(39)45(38-22-5-7-24-40(38)47)30-14-12-16-32(28-30)48-42-25-10-8-18-34(42)35-19-9-11-26-43(35)48/h2,4-19,21-29,49H,1H2. The first-order valence-electron chi connectivity index (χ1n) is 16.7. The van der Waals surface area contributed by atoms with E-state index >= 15 is 0 Å². The Kier molecular flexibility index (Phi) is 6.04. The van der Waals surface area contributed by atoms with Crippen LogP contribution in [0, 0.1) is 11.8 Å². The number of aromatic nitrogens is 1. The lowest BCUT2D eigenvalue weighted by atomic mass is 9.82. The Balaban J connectivity index is 1.29. The number of hydrogen-bond donors (Lipinski definition) is 1. The van der Waals surface area contributed by atoms with Crippen LogP contribution >= 0.6 is 0 Å². The average Bonchev–Trinajstić information content (AvgIpc) is 3.28. The van der Waals surface area contributed by atoms with Gasteiger partial charge in [-0.05, 0) is 91.1 Å². The van der Waals surface area contributed by atoms with Crippen LogP contribution in [0.2, 0.25) is 0 Å². The minimum atomic E-state index is 0.262. The molecule has 1 aromatic heterocycles. The van der Waals surface area contributed by atoms with E-state index in [0.29, 0.717) is 6.42 Å². The molecule has 0 amide bonds. The molecule has 0 radical (unpaired) electrons. The maximum Gasteiger partial charge on any atom is 0.124 e. The van der Waals surface area contributed by atoms with Crippen molar-refractivity contribution in [3.8, 4) is 45.5 Å². The zero-order valence-electron chi connectivity index (χ0n) is 26.6. The summed E-state index contributed by atoms with van der Waals surface area (Å²) in [7, 11) is 0. The monoisotopic (exact) mass is 623 g/mol. The minimum Gasteiger partial charge on any atom is -0.507 e. The van der Waals surface area contributed by atoms with Crippen molar-refractivity contribution in [2.24, 2.45) is 0 Å². The van der Waals surface area contributed by atoms with E-state index in [2.05, 4.69) is 162 Å². The zero-order chi connectivity index (χ0) is 32.5. The highest BCUT2D eigenvalue weighted by atomic mass is 16.3. The molecular weight excluding hydrogens is 595 g/mol. The Bertz CT molecular complexity index is 2820. The van der Waals surface area contributed by atoms with Gasteiger partial charge in [0.15, 0.2) is 0 Å². The molecule has 1 aliphatic carbocycles. The molecule has 1 N–H and O–H groups in total. The van der Waals surface area contributed by atoms with E-state index in [1.807, 2.05) is 6.07 Å². The van der Waals surface area contributed by atoms with Crippen LogP contribution in [0.3, 0.4) is 0 Å². The number of benzene rings is 8. The van der Waals surface area contributed by atoms with Crippen molar-refractivity contribution >= 4 is 60.2 Å². The molecule has 0 unspecified atom stereocenters. The van der Waals surface area contributed by atoms with Gasteiger partial charge in [0.25, 0.3) is 0 Å². The quantitative estimate of drug-likeness (QED) is 0.154. The number of fused-ring (bicyclic) bond motifs is 8. The number of para-hydroxylation sites is 2. The molecule has 0 saturated carbocycles. The number of phenols is 1. The fourth-order valence-corrected chi connectivity index (χ4v) is 8.07. The highest BCUT2D eigenvalue weighted by molar-refractivity contribution is 6.23. The largest absolute Gasteiger partial charge is 0.507 e. The van der Waals surface area contributed by atoms with Gasteiger partial charge < -0.3 is 9.67 Å². The number of hydrogen-bond acceptors (Lipinski definition) is 1. The van der Waals surface area contributed by atoms with Crippen molar-refractivity contribution in [2.45, 2.75) is 6.42 Å². The van der Waals surface area contributed by atoms with Crippen molar-refractivity contribution in [1.29, 1.82) is 0 Å². The predicted octanol–water partition coefficient (Wildman–Crippen LogP) is 12.1. The third-order valence-electron chi connectivity index (χ3n) is 10.1. The van der Waals surface area contributed by atoms with Crippen LogP contribution in [0.4, 0.5) is 0 Å². The summed E-state index contributed by atoms with van der Waals surface area (Å²) in [6, 6.07) is 51.9. The molecule has 0 atom stereocenters. The van der Waals surface area contributed by atoms with Crippen molar-refractivity contribution in [2.75, 3.05) is 0 Å². The Morgan fingerprint density at radius 1 is 0.551 bits per heavy atom. The molecule has 228 valence electrons. The van der Waals surface area contributed by atoms with E-state index in [-0.39, 0.29) is 5.75 Å². The molecule has 0 fully saturated rings. The summed E-state index contributed by atoms with van der Waals surface area (Å²) in [5.74, 6) is 6.98. The second-order valence-electron chi connectivity index (χ2n) is 12.8. The Labute approximate surface area is 283 Å². The molecule has 0 bridgehead atoms. The van der Waals surface area contributed by atoms with Crippen LogP contribution < -0.4 is 0 Å². The van der Waals surface area contributed by atoms with Gasteiger partial charge in [-0.1, -0.05) is 133 Å². The number of nitrogens with zero attached hydrogens (tertiary/aromatic N) is 1. The van der Waals surface area contributed by atoms with Crippen molar-refractivity contribution in [3.05, 3.63) is 163 Å². The molecule has 1 aliphatic rings. The Morgan fingerprint density at radius 3 is 1.82 bits per heavy atom. The van der Waals surface area contributed by atoms with Gasteiger partial charge in [-0.25, -0.2) is 0 Å². The van der Waals surface area contributed by atoms with E-state index in [1.54, 1.807) is 6.07 Å². The Morgan fingerprint density at radius 2 is 1.14 bits per heavy atom. The first kappa shape index (κ1) is 27.5. The molecule has 8 aromatic carbocycles. The normalized spacial score (nSPS) is 12.4. The molecule has 0 spiro atoms. The second-order valence-corrected chi connectivity index (χ2v) is 12.8. The average molecular weight is 624 g/mol. The summed E-state index contributed by atoms with van der Waals surface area (Å²) in [6.45, 7) is 0. The number of phenolic OH excluding ortho intramolecular Hbond substituents is 1. The summed E-state index contributed by atoms with van der Waals surface area (Å²) in [6.07, 6.45) is 4.98. The number of aromatic hydroxyl groups is 1. The van der Waals surface area contributed by atoms with Gasteiger partial charge in [0.05, 0.1) is 11.0 Å². The molecule has 9 aromatic rings. The third-order valence-corrected chi connectivity index (χ3v) is 10.1. The van der Waals surface area contributed by atoms with Crippen molar-refractivity contribution in [1.82, 2.24) is 4.57 Å². The van der Waals surface area contributed by atoms with Crippen LogP contribution in [0.15, 0.2) is 152 Å². The topological polar surface area (TPSA) is 25.2 Å². The summed E-state index contributed by atoms with van der Waals surface area (Å²) in [5.41, 5.74) is 10.2. The predicted molar refractivity (Wildman–Crippen MR) is 206 cm³/mol. The zero-order valence-corrected chi connectivity index (χ0v) is 26.6. The van der Waals surface area contributed by atoms with Crippen LogP contribution in [-0.2, 0) is 0 Å². The summed E-state index contributed by atoms with van der Waals surface area (Å²) < 4.78 is 2.39. The third kappa shape index (κ3) is 4.10. The number of rotatable bonds is 3. The van der Waals surface area contributed by atoms with Crippen LogP contribution in [0.1, 0.15) is 17.5 Å². The van der Waals surface area contributed by atoms with Crippen molar-refractivity contribution < 1.29 is 5.11 Å². The molecule has 10 rings (SSSR count). The van der Waals surface area contributed by atoms with Gasteiger partial charge in [0.1, 0.15) is 5.75 Å². The van der Waals surface area contributed by atoms with Gasteiger partial charge in [-0.2, -0.15) is 0 Å². The van der Waals surface area contributed by atoms with E-state index in [1.165, 1.54) is 60.0 Å². The summed E-state index contributed by atoms with van der Waals surface area (Å²) in [5, 5.41) is 20.1. The van der Waals surface area contributed by atoms with Crippen LogP contribution in [0.25, 0.3) is 88.1 Å². The maximum atomic E-state index is 11.0. The summed E-state index contributed by atoms with van der Waals surface area (Å²) in [4.78, 5) is 0. The number of allylic oxidation sites excluding steroid dienone is 1. The van der Waals surface area contributed by atoms with Gasteiger partial charge >= 0.3 is 0 Å². The Hall–Kier alpha value is -6.56. The molecule has 0 aliphatic heterocycles. The van der Waals surface area contributed by atoms with Crippen molar-refractivity contribution in [3.63, 3.8) is 0 Å². The highest BCUT2D eigenvalue weighted by Gasteiger charge is 2.22. The fourth-order valence-electron chi connectivity index (χ4n) is 8.07. The molecule has 49 heavy (non-hydrogen) atoms. The van der Waals surface area contributed by atoms with E-state index < -0.39 is 0 Å². The van der Waals surface area contributed by atoms with Crippen LogP contribution in [-0.4, -0.2) is 9.67 Å². The van der Waals surface area contributed by atoms with E-state index in [0.717, 1.165) is 33.2 Å². The lowest BCUT2D eigenvalue weighted by Gasteiger charge is -2.21. The molecule has 2 nitrogen and oxygen atoms in total. The highest BCUT2D eigenvalue weighted by Crippen LogP contribution is 2.47. The first-order valence-corrected chi connectivity index (χ1v) is 16.7. The lowest BCUT2D eigenvalue weighted by molar-refractivity contribution is 0.481. The van der Waals surface area contributed by atoms with Crippen LogP contribution in [0.5, 0.6) is 5.75 Å². The summed E-state index contributed by atoms with van der Waals surface area (Å²) >= 11 is 0. The lowest BCUT2D eigenvalue weighted by Crippen LogP contribution is -1.97. The van der Waals surface area contributed by atoms with E-state index in [4.69, 9.17) is 0 Å². The van der Waals surface area contributed by atoms with Gasteiger partial charge in [-0.15, -0.1) is 0 Å². The molecule has 2 heteroatoms. The van der Waals surface area contributed by atoms with Gasteiger partial charge in [-0.3, -0.25) is 0 Å². The maximum absolute atomic E-state index is 11.0. The van der Waals surface area contributed by atoms with Gasteiger partial charge in [0, 0.05) is 33.8 Å².